The third-order valence-electron chi connectivity index (χ3n) is 4.02. The van der Waals surface area contributed by atoms with Gasteiger partial charge in [0.25, 0.3) is 11.8 Å². The van der Waals surface area contributed by atoms with E-state index in [9.17, 15) is 24.0 Å². The summed E-state index contributed by atoms with van der Waals surface area (Å²) in [4.78, 5) is 59.0. The maximum absolute atomic E-state index is 12.0. The second-order valence-electron chi connectivity index (χ2n) is 7.11. The van der Waals surface area contributed by atoms with Crippen molar-refractivity contribution in [3.05, 3.63) is 65.7 Å². The van der Waals surface area contributed by atoms with Gasteiger partial charge in [0.2, 0.25) is 5.91 Å². The highest BCUT2D eigenvalue weighted by atomic mass is 16.5. The molecule has 33 heavy (non-hydrogen) atoms. The fourth-order valence-corrected chi connectivity index (χ4v) is 2.45. The molecule has 174 valence electrons. The molecule has 2 rings (SSSR count). The quantitative estimate of drug-likeness (QED) is 0.388. The molecule has 2 aromatic carbocycles. The molecule has 10 heteroatoms. The van der Waals surface area contributed by atoms with E-state index >= 15 is 0 Å². The number of hydrogen-bond donors (Lipinski definition) is 3. The Balaban J connectivity index is 1.65. The van der Waals surface area contributed by atoms with Crippen LogP contribution in [0, 0.1) is 0 Å². The van der Waals surface area contributed by atoms with E-state index in [0.29, 0.717) is 16.8 Å². The molecule has 0 spiro atoms. The molecule has 0 aromatic heterocycles. The van der Waals surface area contributed by atoms with E-state index in [1.165, 1.54) is 12.1 Å². The zero-order chi connectivity index (χ0) is 24.2. The van der Waals surface area contributed by atoms with E-state index in [4.69, 9.17) is 9.47 Å². The van der Waals surface area contributed by atoms with Gasteiger partial charge in [0, 0.05) is 17.7 Å². The predicted molar refractivity (Wildman–Crippen MR) is 118 cm³/mol. The van der Waals surface area contributed by atoms with Gasteiger partial charge in [0.05, 0.1) is 18.1 Å². The number of ether oxygens (including phenoxy) is 2. The van der Waals surface area contributed by atoms with E-state index < -0.39 is 36.3 Å². The Morgan fingerprint density at radius 3 is 2.09 bits per heavy atom. The second-order valence-corrected chi connectivity index (χ2v) is 7.11. The third-order valence-corrected chi connectivity index (χ3v) is 4.02. The van der Waals surface area contributed by atoms with Crippen LogP contribution in [0.3, 0.4) is 0 Å². The molecule has 3 amide bonds. The van der Waals surface area contributed by atoms with Gasteiger partial charge in [-0.15, -0.1) is 0 Å². The molecule has 0 aliphatic carbocycles. The van der Waals surface area contributed by atoms with Crippen molar-refractivity contribution in [1.29, 1.82) is 0 Å². The molecule has 0 saturated carbocycles. The van der Waals surface area contributed by atoms with Crippen molar-refractivity contribution in [2.24, 2.45) is 0 Å². The lowest BCUT2D eigenvalue weighted by Gasteiger charge is -2.09. The molecule has 0 unspecified atom stereocenters. The topological polar surface area (TPSA) is 140 Å². The minimum absolute atomic E-state index is 0.164. The first-order valence-corrected chi connectivity index (χ1v) is 10.2. The molecule has 0 saturated heterocycles. The molecule has 2 aromatic rings. The summed E-state index contributed by atoms with van der Waals surface area (Å²) in [7, 11) is 0. The number of rotatable bonds is 9. The molecule has 10 nitrogen and oxygen atoms in total. The molecule has 0 fully saturated rings. The summed E-state index contributed by atoms with van der Waals surface area (Å²) in [5.74, 6) is -2.90. The van der Waals surface area contributed by atoms with Gasteiger partial charge >= 0.3 is 11.9 Å². The van der Waals surface area contributed by atoms with Crippen LogP contribution in [0.25, 0.3) is 0 Å². The monoisotopic (exact) mass is 455 g/mol. The standard InChI is InChI=1S/C23H25N3O7/c1-15(2)33-23(31)17-8-10-18(11-9-17)24-19(27)12-13-21(29)32-14-20(28)25-26-22(30)16-6-4-3-5-7-16/h3-11,15H,12-14H2,1-2H3,(H,24,27)(H,25,28)(H,26,30). The first-order chi connectivity index (χ1) is 15.7. The van der Waals surface area contributed by atoms with Gasteiger partial charge in [-0.25, -0.2) is 4.79 Å². The van der Waals surface area contributed by atoms with Gasteiger partial charge in [-0.3, -0.25) is 30.0 Å². The van der Waals surface area contributed by atoms with Gasteiger partial charge in [-0.1, -0.05) is 18.2 Å². The first-order valence-electron chi connectivity index (χ1n) is 10.2. The Hall–Kier alpha value is -4.21. The molecule has 0 aliphatic heterocycles. The van der Waals surface area contributed by atoms with E-state index in [2.05, 4.69) is 16.2 Å². The molecular weight excluding hydrogens is 430 g/mol. The fraction of sp³-hybridized carbons (Fsp3) is 0.261. The van der Waals surface area contributed by atoms with Crippen molar-refractivity contribution in [1.82, 2.24) is 10.9 Å². The Morgan fingerprint density at radius 2 is 1.45 bits per heavy atom. The number of hydrazine groups is 1. The largest absolute Gasteiger partial charge is 0.459 e. The molecular formula is C23H25N3O7. The van der Waals surface area contributed by atoms with E-state index in [1.807, 2.05) is 0 Å². The average Bonchev–Trinajstić information content (AvgIpc) is 2.80. The Bertz CT molecular complexity index is 989. The van der Waals surface area contributed by atoms with Gasteiger partial charge < -0.3 is 14.8 Å². The van der Waals surface area contributed by atoms with Gasteiger partial charge in [0.1, 0.15) is 0 Å². The van der Waals surface area contributed by atoms with Crippen molar-refractivity contribution in [3.63, 3.8) is 0 Å². The van der Waals surface area contributed by atoms with Crippen LogP contribution in [0.5, 0.6) is 0 Å². The van der Waals surface area contributed by atoms with Crippen molar-refractivity contribution in [2.45, 2.75) is 32.8 Å². The summed E-state index contributed by atoms with van der Waals surface area (Å²) >= 11 is 0. The molecule has 0 aliphatic rings. The SMILES string of the molecule is CC(C)OC(=O)c1ccc(NC(=O)CCC(=O)OCC(=O)NNC(=O)c2ccccc2)cc1. The van der Waals surface area contributed by atoms with Crippen LogP contribution in [0.2, 0.25) is 0 Å². The highest BCUT2D eigenvalue weighted by Crippen LogP contribution is 2.12. The predicted octanol–water partition coefficient (Wildman–Crippen LogP) is 1.97. The van der Waals surface area contributed by atoms with Crippen LogP contribution < -0.4 is 16.2 Å². The zero-order valence-electron chi connectivity index (χ0n) is 18.3. The number of benzene rings is 2. The van der Waals surface area contributed by atoms with Crippen molar-refractivity contribution in [2.75, 3.05) is 11.9 Å². The number of carbonyl (C=O) groups excluding carboxylic acids is 5. The number of nitrogens with one attached hydrogen (secondary N) is 3. The summed E-state index contributed by atoms with van der Waals surface area (Å²) < 4.78 is 9.86. The highest BCUT2D eigenvalue weighted by Gasteiger charge is 2.13. The minimum Gasteiger partial charge on any atom is -0.459 e. The maximum Gasteiger partial charge on any atom is 0.338 e. The molecule has 0 heterocycles. The maximum atomic E-state index is 12.0. The summed E-state index contributed by atoms with van der Waals surface area (Å²) in [6.07, 6.45) is -0.646. The van der Waals surface area contributed by atoms with Crippen LogP contribution in [0.4, 0.5) is 5.69 Å². The van der Waals surface area contributed by atoms with Gasteiger partial charge in [-0.05, 0) is 50.2 Å². The highest BCUT2D eigenvalue weighted by molar-refractivity contribution is 5.96. The number of hydrogen-bond acceptors (Lipinski definition) is 7. The second kappa shape index (κ2) is 12.6. The van der Waals surface area contributed by atoms with Crippen molar-refractivity contribution in [3.8, 4) is 0 Å². The third kappa shape index (κ3) is 9.21. The first kappa shape index (κ1) is 25.1. The lowest BCUT2D eigenvalue weighted by molar-refractivity contribution is -0.149. The average molecular weight is 455 g/mol. The Morgan fingerprint density at radius 1 is 0.788 bits per heavy atom. The summed E-state index contributed by atoms with van der Waals surface area (Å²) in [6.45, 7) is 2.88. The van der Waals surface area contributed by atoms with Gasteiger partial charge in [0.15, 0.2) is 6.61 Å². The van der Waals surface area contributed by atoms with Crippen LogP contribution >= 0.6 is 0 Å². The summed E-state index contributed by atoms with van der Waals surface area (Å²) in [5, 5.41) is 2.59. The van der Waals surface area contributed by atoms with E-state index in [-0.39, 0.29) is 18.9 Å². The fourth-order valence-electron chi connectivity index (χ4n) is 2.45. The van der Waals surface area contributed by atoms with Crippen LogP contribution in [-0.2, 0) is 23.9 Å². The van der Waals surface area contributed by atoms with Crippen LogP contribution in [-0.4, -0.2) is 42.4 Å². The minimum atomic E-state index is -0.749. The van der Waals surface area contributed by atoms with Crippen LogP contribution in [0.1, 0.15) is 47.4 Å². The number of carbonyl (C=O) groups is 5. The van der Waals surface area contributed by atoms with E-state index in [1.54, 1.807) is 56.3 Å². The zero-order valence-corrected chi connectivity index (χ0v) is 18.3. The molecule has 3 N–H and O–H groups in total. The normalized spacial score (nSPS) is 10.2. The smallest absolute Gasteiger partial charge is 0.338 e. The number of anilines is 1. The van der Waals surface area contributed by atoms with E-state index in [0.717, 1.165) is 0 Å². The molecule has 0 bridgehead atoms. The van der Waals surface area contributed by atoms with Crippen molar-refractivity contribution < 1.29 is 33.4 Å². The number of esters is 2. The summed E-state index contributed by atoms with van der Waals surface area (Å²) in [6, 6.07) is 14.4. The molecule has 0 atom stereocenters. The Labute approximate surface area is 190 Å². The number of amides is 3. The summed E-state index contributed by atoms with van der Waals surface area (Å²) in [5.41, 5.74) is 5.48. The van der Waals surface area contributed by atoms with Gasteiger partial charge in [-0.2, -0.15) is 0 Å². The molecule has 0 radical (unpaired) electrons. The Kier molecular flexibility index (Phi) is 9.56. The lowest BCUT2D eigenvalue weighted by atomic mass is 10.2. The lowest BCUT2D eigenvalue weighted by Crippen LogP contribution is -2.43. The van der Waals surface area contributed by atoms with Crippen LogP contribution in [0.15, 0.2) is 54.6 Å². The van der Waals surface area contributed by atoms with Crippen molar-refractivity contribution >= 4 is 35.3 Å².